The van der Waals surface area contributed by atoms with E-state index in [-0.39, 0.29) is 11.7 Å². The van der Waals surface area contributed by atoms with Gasteiger partial charge in [-0.1, -0.05) is 24.3 Å². The fourth-order valence-electron chi connectivity index (χ4n) is 3.49. The van der Waals surface area contributed by atoms with Gasteiger partial charge >= 0.3 is 0 Å². The number of nitrogen functional groups attached to an aromatic ring is 2. The van der Waals surface area contributed by atoms with Gasteiger partial charge in [-0.3, -0.25) is 20.6 Å². The molecular formula is C26H34N6O2. The quantitative estimate of drug-likeness (QED) is 0.218. The van der Waals surface area contributed by atoms with Gasteiger partial charge in [0.15, 0.2) is 0 Å². The van der Waals surface area contributed by atoms with Crippen LogP contribution in [0.2, 0.25) is 0 Å². The normalized spacial score (nSPS) is 15.1. The van der Waals surface area contributed by atoms with Crippen LogP contribution in [0, 0.1) is 10.8 Å². The van der Waals surface area contributed by atoms with E-state index in [1.54, 1.807) is 24.3 Å². The van der Waals surface area contributed by atoms with Crippen LogP contribution in [0.3, 0.4) is 0 Å². The number of ether oxygens (including phenoxy) is 2. The summed E-state index contributed by atoms with van der Waals surface area (Å²) in [6.07, 6.45) is 8.39. The van der Waals surface area contributed by atoms with E-state index in [4.69, 9.17) is 31.8 Å². The van der Waals surface area contributed by atoms with Crippen molar-refractivity contribution < 1.29 is 9.47 Å². The summed E-state index contributed by atoms with van der Waals surface area (Å²) in [7, 11) is 0. The van der Waals surface area contributed by atoms with E-state index >= 15 is 0 Å². The van der Waals surface area contributed by atoms with Gasteiger partial charge < -0.3 is 20.9 Å². The van der Waals surface area contributed by atoms with Crippen molar-refractivity contribution in [1.82, 2.24) is 9.80 Å². The maximum atomic E-state index is 7.41. The SMILES string of the molecule is N=C(N)c1ccc(OC/C=C/CN2CCN(C/C=C/COc3ccc(C(=N)N)cc3)CC2)cc1. The molecule has 180 valence electrons. The number of hydrogen-bond donors (Lipinski definition) is 4. The minimum absolute atomic E-state index is 0.0607. The van der Waals surface area contributed by atoms with Crippen LogP contribution in [-0.2, 0) is 0 Å². The molecule has 0 unspecified atom stereocenters. The Balaban J connectivity index is 1.25. The molecule has 34 heavy (non-hydrogen) atoms. The Morgan fingerprint density at radius 2 is 1.00 bits per heavy atom. The van der Waals surface area contributed by atoms with Crippen LogP contribution in [0.15, 0.2) is 72.8 Å². The maximum absolute atomic E-state index is 7.41. The molecule has 0 aliphatic carbocycles. The summed E-state index contributed by atoms with van der Waals surface area (Å²) >= 11 is 0. The molecule has 1 fully saturated rings. The van der Waals surface area contributed by atoms with Crippen molar-refractivity contribution in [2.24, 2.45) is 11.5 Å². The van der Waals surface area contributed by atoms with Crippen molar-refractivity contribution in [2.45, 2.75) is 0 Å². The smallest absolute Gasteiger partial charge is 0.122 e. The van der Waals surface area contributed by atoms with Crippen LogP contribution in [0.4, 0.5) is 0 Å². The molecule has 0 amide bonds. The van der Waals surface area contributed by atoms with Gasteiger partial charge in [0.05, 0.1) is 0 Å². The third kappa shape index (κ3) is 8.38. The fraction of sp³-hybridized carbons (Fsp3) is 0.308. The number of nitrogens with one attached hydrogen (secondary N) is 2. The Hall–Kier alpha value is -3.62. The second-order valence-electron chi connectivity index (χ2n) is 8.04. The monoisotopic (exact) mass is 462 g/mol. The number of piperazine rings is 1. The fourth-order valence-corrected chi connectivity index (χ4v) is 3.49. The summed E-state index contributed by atoms with van der Waals surface area (Å²) in [5.74, 6) is 1.66. The third-order valence-corrected chi connectivity index (χ3v) is 5.55. The molecule has 1 aliphatic heterocycles. The number of amidine groups is 2. The molecule has 0 radical (unpaired) electrons. The van der Waals surface area contributed by atoms with Gasteiger partial charge in [0.1, 0.15) is 36.4 Å². The summed E-state index contributed by atoms with van der Waals surface area (Å²) in [4.78, 5) is 4.87. The zero-order chi connectivity index (χ0) is 24.2. The topological polar surface area (TPSA) is 125 Å². The first-order valence-electron chi connectivity index (χ1n) is 11.4. The van der Waals surface area contributed by atoms with Crippen molar-refractivity contribution in [3.63, 3.8) is 0 Å². The summed E-state index contributed by atoms with van der Waals surface area (Å²) in [6, 6.07) is 14.5. The molecule has 1 saturated heterocycles. The average molecular weight is 463 g/mol. The largest absolute Gasteiger partial charge is 0.490 e. The van der Waals surface area contributed by atoms with Crippen LogP contribution in [0.25, 0.3) is 0 Å². The van der Waals surface area contributed by atoms with E-state index in [2.05, 4.69) is 22.0 Å². The molecule has 0 aromatic heterocycles. The molecule has 0 atom stereocenters. The molecule has 8 nitrogen and oxygen atoms in total. The van der Waals surface area contributed by atoms with Crippen molar-refractivity contribution in [3.05, 3.63) is 84.0 Å². The van der Waals surface area contributed by atoms with Gasteiger partial charge in [0.25, 0.3) is 0 Å². The van der Waals surface area contributed by atoms with Gasteiger partial charge in [-0.05, 0) is 48.5 Å². The number of nitrogens with two attached hydrogens (primary N) is 2. The van der Waals surface area contributed by atoms with E-state index < -0.39 is 0 Å². The van der Waals surface area contributed by atoms with Gasteiger partial charge in [-0.15, -0.1) is 0 Å². The highest BCUT2D eigenvalue weighted by atomic mass is 16.5. The van der Waals surface area contributed by atoms with Crippen LogP contribution in [0.1, 0.15) is 11.1 Å². The molecule has 1 heterocycles. The Morgan fingerprint density at radius 3 is 1.32 bits per heavy atom. The lowest BCUT2D eigenvalue weighted by atomic mass is 10.2. The lowest BCUT2D eigenvalue weighted by Crippen LogP contribution is -2.46. The summed E-state index contributed by atoms with van der Waals surface area (Å²) in [5.41, 5.74) is 12.3. The van der Waals surface area contributed by atoms with Gasteiger partial charge in [0.2, 0.25) is 0 Å². The lowest BCUT2D eigenvalue weighted by Gasteiger charge is -2.33. The standard InChI is InChI=1S/C26H34N6O2/c27-25(28)21-5-9-23(10-6-21)33-19-3-1-13-31-15-17-32(18-16-31)14-2-4-20-34-24-11-7-22(8-12-24)26(29)30/h1-12H,13-20H2,(H3,27,28)(H3,29,30)/b3-1+,4-2+. The van der Waals surface area contributed by atoms with E-state index in [1.165, 1.54) is 0 Å². The first kappa shape index (κ1) is 25.0. The summed E-state index contributed by atoms with van der Waals surface area (Å²) in [6.45, 7) is 7.07. The molecule has 0 bridgehead atoms. The van der Waals surface area contributed by atoms with Gasteiger partial charge in [0, 0.05) is 50.4 Å². The molecule has 1 aliphatic rings. The van der Waals surface area contributed by atoms with Crippen molar-refractivity contribution in [3.8, 4) is 11.5 Å². The second-order valence-corrected chi connectivity index (χ2v) is 8.04. The van der Waals surface area contributed by atoms with Gasteiger partial charge in [-0.2, -0.15) is 0 Å². The molecule has 2 aromatic carbocycles. The Bertz CT molecular complexity index is 896. The van der Waals surface area contributed by atoms with Crippen molar-refractivity contribution in [1.29, 1.82) is 10.8 Å². The molecule has 0 spiro atoms. The third-order valence-electron chi connectivity index (χ3n) is 5.55. The second kappa shape index (κ2) is 13.2. The molecule has 6 N–H and O–H groups in total. The molecule has 8 heteroatoms. The minimum Gasteiger partial charge on any atom is -0.490 e. The average Bonchev–Trinajstić information content (AvgIpc) is 2.85. The maximum Gasteiger partial charge on any atom is 0.122 e. The highest BCUT2D eigenvalue weighted by Crippen LogP contribution is 2.12. The summed E-state index contributed by atoms with van der Waals surface area (Å²) in [5, 5.41) is 14.8. The molecular weight excluding hydrogens is 428 g/mol. The van der Waals surface area contributed by atoms with Crippen LogP contribution < -0.4 is 20.9 Å². The highest BCUT2D eigenvalue weighted by molar-refractivity contribution is 5.95. The molecule has 2 aromatic rings. The number of benzene rings is 2. The number of rotatable bonds is 12. The predicted octanol–water partition coefficient (Wildman–Crippen LogP) is 2.44. The number of hydrogen-bond acceptors (Lipinski definition) is 6. The highest BCUT2D eigenvalue weighted by Gasteiger charge is 2.14. The molecule has 0 saturated carbocycles. The van der Waals surface area contributed by atoms with Crippen LogP contribution in [0.5, 0.6) is 11.5 Å². The minimum atomic E-state index is 0.0607. The van der Waals surface area contributed by atoms with Crippen molar-refractivity contribution in [2.75, 3.05) is 52.5 Å². The first-order valence-corrected chi connectivity index (χ1v) is 11.4. The zero-order valence-electron chi connectivity index (χ0n) is 19.5. The van der Waals surface area contributed by atoms with Crippen LogP contribution in [-0.4, -0.2) is 74.0 Å². The van der Waals surface area contributed by atoms with Crippen molar-refractivity contribution >= 4 is 11.7 Å². The van der Waals surface area contributed by atoms with Gasteiger partial charge in [-0.25, -0.2) is 0 Å². The number of nitrogens with zero attached hydrogens (tertiary/aromatic N) is 2. The predicted molar refractivity (Wildman–Crippen MR) is 137 cm³/mol. The summed E-state index contributed by atoms with van der Waals surface area (Å²) < 4.78 is 11.4. The Morgan fingerprint density at radius 1 is 0.647 bits per heavy atom. The Labute approximate surface area is 201 Å². The lowest BCUT2D eigenvalue weighted by molar-refractivity contribution is 0.153. The van der Waals surface area contributed by atoms with Crippen LogP contribution >= 0.6 is 0 Å². The van der Waals surface area contributed by atoms with E-state index in [9.17, 15) is 0 Å². The Kier molecular flexibility index (Phi) is 9.69. The molecule has 3 rings (SSSR count). The van der Waals surface area contributed by atoms with E-state index in [0.717, 1.165) is 50.8 Å². The first-order chi connectivity index (χ1) is 16.5. The zero-order valence-corrected chi connectivity index (χ0v) is 19.5. The van der Waals surface area contributed by atoms with E-state index in [1.807, 2.05) is 36.4 Å². The van der Waals surface area contributed by atoms with E-state index in [0.29, 0.717) is 24.3 Å².